The van der Waals surface area contributed by atoms with E-state index in [1.807, 2.05) is 19.9 Å². The summed E-state index contributed by atoms with van der Waals surface area (Å²) in [6.45, 7) is 4.10. The van der Waals surface area contributed by atoms with Gasteiger partial charge in [-0.15, -0.1) is 0 Å². The quantitative estimate of drug-likeness (QED) is 0.909. The third-order valence-corrected chi connectivity index (χ3v) is 3.83. The van der Waals surface area contributed by atoms with Gasteiger partial charge < -0.3 is 10.5 Å². The highest BCUT2D eigenvalue weighted by atomic mass is 16.5. The lowest BCUT2D eigenvalue weighted by Crippen LogP contribution is -2.05. The molecule has 0 fully saturated rings. The molecule has 1 aliphatic rings. The third-order valence-electron chi connectivity index (χ3n) is 3.83. The topological polar surface area (TPSA) is 35.2 Å². The van der Waals surface area contributed by atoms with E-state index in [-0.39, 0.29) is 12.1 Å². The Bertz CT molecular complexity index is 619. The van der Waals surface area contributed by atoms with E-state index in [1.54, 1.807) is 0 Å². The molecule has 0 bridgehead atoms. The van der Waals surface area contributed by atoms with Gasteiger partial charge in [0, 0.05) is 6.04 Å². The lowest BCUT2D eigenvalue weighted by molar-refractivity contribution is 0.242. The summed E-state index contributed by atoms with van der Waals surface area (Å²) in [5.74, 6) is 0.928. The highest BCUT2D eigenvalue weighted by molar-refractivity contribution is 5.71. The molecule has 0 saturated carbocycles. The van der Waals surface area contributed by atoms with Crippen molar-refractivity contribution in [1.29, 1.82) is 0 Å². The number of hydrogen-bond donors (Lipinski definition) is 1. The molecule has 0 spiro atoms. The molecule has 2 aromatic carbocycles. The Morgan fingerprint density at radius 2 is 1.95 bits per heavy atom. The second-order valence-corrected chi connectivity index (χ2v) is 5.71. The van der Waals surface area contributed by atoms with Gasteiger partial charge in [0.05, 0.1) is 6.10 Å². The van der Waals surface area contributed by atoms with E-state index in [4.69, 9.17) is 10.5 Å². The van der Waals surface area contributed by atoms with Crippen LogP contribution in [0.4, 0.5) is 0 Å². The zero-order valence-electron chi connectivity index (χ0n) is 12.1. The van der Waals surface area contributed by atoms with Gasteiger partial charge in [-0.25, -0.2) is 0 Å². The fourth-order valence-electron chi connectivity index (χ4n) is 2.97. The van der Waals surface area contributed by atoms with Gasteiger partial charge >= 0.3 is 0 Å². The number of ether oxygens (including phenoxy) is 1. The molecule has 1 aliphatic carbocycles. The van der Waals surface area contributed by atoms with Gasteiger partial charge in [-0.2, -0.15) is 0 Å². The van der Waals surface area contributed by atoms with Gasteiger partial charge in [-0.3, -0.25) is 0 Å². The summed E-state index contributed by atoms with van der Waals surface area (Å²) in [5, 5.41) is 0. The fraction of sp³-hybridized carbons (Fsp3) is 0.333. The average molecular weight is 267 g/mol. The predicted molar refractivity (Wildman–Crippen MR) is 82.9 cm³/mol. The molecule has 0 aromatic heterocycles. The summed E-state index contributed by atoms with van der Waals surface area (Å²) in [5.41, 5.74) is 11.4. The maximum atomic E-state index is 6.16. The van der Waals surface area contributed by atoms with E-state index in [2.05, 4.69) is 36.4 Å². The zero-order chi connectivity index (χ0) is 14.1. The van der Waals surface area contributed by atoms with Gasteiger partial charge in [0.15, 0.2) is 0 Å². The van der Waals surface area contributed by atoms with Crippen LogP contribution in [-0.4, -0.2) is 6.10 Å². The van der Waals surface area contributed by atoms with Crippen molar-refractivity contribution in [3.63, 3.8) is 0 Å². The van der Waals surface area contributed by atoms with Crippen molar-refractivity contribution >= 4 is 0 Å². The van der Waals surface area contributed by atoms with Crippen LogP contribution < -0.4 is 10.5 Å². The van der Waals surface area contributed by atoms with Crippen LogP contribution >= 0.6 is 0 Å². The molecule has 1 atom stereocenters. The summed E-state index contributed by atoms with van der Waals surface area (Å²) in [6.07, 6.45) is 2.32. The Kier molecular flexibility index (Phi) is 3.49. The second-order valence-electron chi connectivity index (χ2n) is 5.71. The van der Waals surface area contributed by atoms with Gasteiger partial charge in [-0.05, 0) is 61.1 Å². The lowest BCUT2D eigenvalue weighted by Gasteiger charge is -2.13. The highest BCUT2D eigenvalue weighted by Crippen LogP contribution is 2.37. The summed E-state index contributed by atoms with van der Waals surface area (Å²) in [6, 6.07) is 15.0. The molecule has 0 saturated heterocycles. The van der Waals surface area contributed by atoms with Crippen molar-refractivity contribution in [1.82, 2.24) is 0 Å². The number of nitrogens with two attached hydrogens (primary N) is 1. The molecule has 0 aliphatic heterocycles. The Balaban J connectivity index is 2.02. The average Bonchev–Trinajstić information content (AvgIpc) is 2.80. The van der Waals surface area contributed by atoms with Crippen LogP contribution in [0.5, 0.6) is 5.75 Å². The van der Waals surface area contributed by atoms with Crippen molar-refractivity contribution in [2.75, 3.05) is 0 Å². The minimum absolute atomic E-state index is 0.194. The Hall–Kier alpha value is -1.80. The Morgan fingerprint density at radius 1 is 1.15 bits per heavy atom. The highest BCUT2D eigenvalue weighted by Gasteiger charge is 2.21. The molecule has 0 heterocycles. The zero-order valence-corrected chi connectivity index (χ0v) is 12.1. The Labute approximate surface area is 120 Å². The summed E-state index contributed by atoms with van der Waals surface area (Å²) >= 11 is 0. The normalized spacial score (nSPS) is 17.3. The maximum absolute atomic E-state index is 6.16. The number of hydrogen-bond acceptors (Lipinski definition) is 2. The van der Waals surface area contributed by atoms with Crippen LogP contribution in [-0.2, 0) is 6.42 Å². The largest absolute Gasteiger partial charge is 0.491 e. The molecule has 0 radical (unpaired) electrons. The van der Waals surface area contributed by atoms with Gasteiger partial charge in [0.2, 0.25) is 0 Å². The van der Waals surface area contributed by atoms with E-state index in [9.17, 15) is 0 Å². The van der Waals surface area contributed by atoms with Gasteiger partial charge in [0.1, 0.15) is 5.75 Å². The summed E-state index contributed by atoms with van der Waals surface area (Å²) in [4.78, 5) is 0. The molecule has 20 heavy (non-hydrogen) atoms. The minimum atomic E-state index is 0.194. The third kappa shape index (κ3) is 2.44. The molecule has 2 aromatic rings. The van der Waals surface area contributed by atoms with Crippen molar-refractivity contribution in [3.05, 3.63) is 53.6 Å². The van der Waals surface area contributed by atoms with Crippen molar-refractivity contribution < 1.29 is 4.74 Å². The van der Waals surface area contributed by atoms with Crippen LogP contribution in [0.25, 0.3) is 11.1 Å². The van der Waals surface area contributed by atoms with Crippen LogP contribution in [0.2, 0.25) is 0 Å². The monoisotopic (exact) mass is 267 g/mol. The van der Waals surface area contributed by atoms with Crippen LogP contribution in [0.1, 0.15) is 37.4 Å². The van der Waals surface area contributed by atoms with E-state index in [1.165, 1.54) is 22.3 Å². The minimum Gasteiger partial charge on any atom is -0.491 e. The molecular weight excluding hydrogens is 246 g/mol. The van der Waals surface area contributed by atoms with Crippen LogP contribution in [0.3, 0.4) is 0 Å². The maximum Gasteiger partial charge on any atom is 0.120 e. The molecule has 3 rings (SSSR count). The first-order chi connectivity index (χ1) is 9.65. The van der Waals surface area contributed by atoms with Gasteiger partial charge in [-0.1, -0.05) is 30.3 Å². The molecule has 1 unspecified atom stereocenters. The molecule has 2 heteroatoms. The summed E-state index contributed by atoms with van der Waals surface area (Å²) in [7, 11) is 0. The number of benzene rings is 2. The lowest BCUT2D eigenvalue weighted by atomic mass is 9.96. The van der Waals surface area contributed by atoms with Crippen LogP contribution in [0, 0.1) is 0 Å². The molecular formula is C18H21NO. The van der Waals surface area contributed by atoms with Crippen LogP contribution in [0.15, 0.2) is 42.5 Å². The molecule has 2 nitrogen and oxygen atoms in total. The standard InChI is InChI=1S/C18H21NO/c1-12(2)20-14-6-3-5-13(11-14)15-7-4-8-17-16(15)9-10-18(17)19/h3-8,11-12,18H,9-10,19H2,1-2H3. The van der Waals surface area contributed by atoms with E-state index in [0.717, 1.165) is 18.6 Å². The van der Waals surface area contributed by atoms with Crippen molar-refractivity contribution in [2.24, 2.45) is 5.73 Å². The second kappa shape index (κ2) is 5.29. The van der Waals surface area contributed by atoms with E-state index < -0.39 is 0 Å². The first-order valence-electron chi connectivity index (χ1n) is 7.29. The first kappa shape index (κ1) is 13.2. The van der Waals surface area contributed by atoms with E-state index >= 15 is 0 Å². The number of fused-ring (bicyclic) bond motifs is 1. The first-order valence-corrected chi connectivity index (χ1v) is 7.29. The smallest absolute Gasteiger partial charge is 0.120 e. The van der Waals surface area contributed by atoms with Crippen molar-refractivity contribution in [3.8, 4) is 16.9 Å². The molecule has 104 valence electrons. The Morgan fingerprint density at radius 3 is 2.75 bits per heavy atom. The van der Waals surface area contributed by atoms with Crippen molar-refractivity contribution in [2.45, 2.75) is 38.8 Å². The number of rotatable bonds is 3. The van der Waals surface area contributed by atoms with E-state index in [0.29, 0.717) is 0 Å². The summed E-state index contributed by atoms with van der Waals surface area (Å²) < 4.78 is 5.79. The predicted octanol–water partition coefficient (Wildman–Crippen LogP) is 4.09. The molecule has 2 N–H and O–H groups in total. The molecule has 0 amide bonds. The van der Waals surface area contributed by atoms with Gasteiger partial charge in [0.25, 0.3) is 0 Å². The fourth-order valence-corrected chi connectivity index (χ4v) is 2.97. The SMILES string of the molecule is CC(C)Oc1cccc(-c2cccc3c2CCC3N)c1.